The van der Waals surface area contributed by atoms with Crippen LogP contribution in [0.3, 0.4) is 0 Å². The van der Waals surface area contributed by atoms with Gasteiger partial charge < -0.3 is 10.8 Å². The van der Waals surface area contributed by atoms with Crippen LogP contribution in [0.1, 0.15) is 0 Å². The highest BCUT2D eigenvalue weighted by atomic mass is 16.4. The van der Waals surface area contributed by atoms with Crippen molar-refractivity contribution in [2.75, 3.05) is 0 Å². The highest BCUT2D eigenvalue weighted by molar-refractivity contribution is 6.30. The maximum atomic E-state index is 9.32. The third-order valence-electron chi connectivity index (χ3n) is 0.877. The summed E-state index contributed by atoms with van der Waals surface area (Å²) in [6, 6.07) is 12.0. The molecule has 4 heteroatoms. The van der Waals surface area contributed by atoms with E-state index in [0.717, 1.165) is 0 Å². The van der Waals surface area contributed by atoms with Crippen LogP contribution in [0, 0.1) is 0 Å². The lowest BCUT2D eigenvalue weighted by Gasteiger charge is -1.74. The summed E-state index contributed by atoms with van der Waals surface area (Å²) >= 11 is 0. The number of hydrogen-bond donors (Lipinski definition) is 2. The molecular formula is C8H9NO3. The first-order valence-electron chi connectivity index (χ1n) is 3.17. The topological polar surface area (TPSA) is 80.4 Å². The molecule has 0 aromatic heterocycles. The lowest BCUT2D eigenvalue weighted by atomic mass is 10.4. The molecule has 1 rings (SSSR count). The second kappa shape index (κ2) is 5.91. The largest absolute Gasteiger partial charge is 0.474 e. The van der Waals surface area contributed by atoms with Gasteiger partial charge in [-0.15, -0.1) is 0 Å². The van der Waals surface area contributed by atoms with E-state index >= 15 is 0 Å². The fourth-order valence-electron chi connectivity index (χ4n) is 0.385. The van der Waals surface area contributed by atoms with E-state index in [1.165, 1.54) is 0 Å². The Morgan fingerprint density at radius 3 is 1.17 bits per heavy atom. The Kier molecular flexibility index (Phi) is 5.00. The van der Waals surface area contributed by atoms with Crippen LogP contribution >= 0.6 is 0 Å². The second-order valence-corrected chi connectivity index (χ2v) is 1.82. The lowest BCUT2D eigenvalue weighted by molar-refractivity contribution is -0.148. The van der Waals surface area contributed by atoms with Crippen molar-refractivity contribution >= 4 is 11.9 Å². The van der Waals surface area contributed by atoms with E-state index in [4.69, 9.17) is 5.11 Å². The minimum absolute atomic E-state index is 1.32. The van der Waals surface area contributed by atoms with Crippen LogP contribution in [-0.4, -0.2) is 17.0 Å². The molecule has 0 saturated carbocycles. The first-order chi connectivity index (χ1) is 5.64. The molecule has 0 bridgehead atoms. The number of benzene rings is 1. The van der Waals surface area contributed by atoms with Crippen molar-refractivity contribution in [1.29, 1.82) is 0 Å². The maximum absolute atomic E-state index is 9.32. The number of aliphatic carboxylic acids is 1. The molecule has 1 amide bonds. The molecule has 0 heterocycles. The fraction of sp³-hybridized carbons (Fsp3) is 0. The summed E-state index contributed by atoms with van der Waals surface area (Å²) in [4.78, 5) is 18.5. The van der Waals surface area contributed by atoms with E-state index in [1.807, 2.05) is 36.4 Å². The number of nitrogens with two attached hydrogens (primary N) is 1. The molecule has 1 aromatic rings. The molecule has 0 aliphatic rings. The number of primary amides is 1. The number of amides is 1. The SMILES string of the molecule is NC(=O)C(=O)O.c1ccccc1. The van der Waals surface area contributed by atoms with Gasteiger partial charge in [-0.05, 0) is 0 Å². The van der Waals surface area contributed by atoms with Gasteiger partial charge in [0.15, 0.2) is 0 Å². The summed E-state index contributed by atoms with van der Waals surface area (Å²) in [5.41, 5.74) is 4.20. The van der Waals surface area contributed by atoms with E-state index in [0.29, 0.717) is 0 Å². The smallest absolute Gasteiger partial charge is 0.394 e. The molecule has 12 heavy (non-hydrogen) atoms. The Morgan fingerprint density at radius 2 is 1.08 bits per heavy atom. The molecule has 0 spiro atoms. The van der Waals surface area contributed by atoms with Gasteiger partial charge in [-0.1, -0.05) is 36.4 Å². The van der Waals surface area contributed by atoms with Gasteiger partial charge in [-0.2, -0.15) is 0 Å². The van der Waals surface area contributed by atoms with Gasteiger partial charge in [0.05, 0.1) is 0 Å². The Bertz CT molecular complexity index is 207. The van der Waals surface area contributed by atoms with E-state index in [1.54, 1.807) is 0 Å². The molecule has 64 valence electrons. The van der Waals surface area contributed by atoms with Crippen molar-refractivity contribution in [2.24, 2.45) is 5.73 Å². The quantitative estimate of drug-likeness (QED) is 0.543. The average molecular weight is 167 g/mol. The molecule has 3 N–H and O–H groups in total. The third kappa shape index (κ3) is 6.28. The van der Waals surface area contributed by atoms with Crippen molar-refractivity contribution in [1.82, 2.24) is 0 Å². The number of carbonyl (C=O) groups excluding carboxylic acids is 1. The van der Waals surface area contributed by atoms with Crippen LogP contribution in [0.15, 0.2) is 36.4 Å². The third-order valence-corrected chi connectivity index (χ3v) is 0.877. The van der Waals surface area contributed by atoms with Crippen LogP contribution < -0.4 is 5.73 Å². The van der Waals surface area contributed by atoms with Crippen molar-refractivity contribution in [3.8, 4) is 0 Å². The Morgan fingerprint density at radius 1 is 0.917 bits per heavy atom. The van der Waals surface area contributed by atoms with Crippen LogP contribution in [-0.2, 0) is 9.59 Å². The Labute approximate surface area is 69.6 Å². The highest BCUT2D eigenvalue weighted by Crippen LogP contribution is 1.79. The summed E-state index contributed by atoms with van der Waals surface area (Å²) in [5, 5.41) is 7.52. The van der Waals surface area contributed by atoms with Gasteiger partial charge in [-0.25, -0.2) is 4.79 Å². The van der Waals surface area contributed by atoms with Gasteiger partial charge in [0.25, 0.3) is 0 Å². The van der Waals surface area contributed by atoms with Gasteiger partial charge in [0.2, 0.25) is 0 Å². The number of carboxylic acids is 1. The summed E-state index contributed by atoms with van der Waals surface area (Å²) in [6.45, 7) is 0. The Hall–Kier alpha value is -1.84. The van der Waals surface area contributed by atoms with Crippen molar-refractivity contribution in [3.05, 3.63) is 36.4 Å². The molecule has 0 radical (unpaired) electrons. The molecule has 4 nitrogen and oxygen atoms in total. The minimum atomic E-state index is -1.60. The Balaban J connectivity index is 0.000000202. The summed E-state index contributed by atoms with van der Waals surface area (Å²) in [6.07, 6.45) is 0. The minimum Gasteiger partial charge on any atom is -0.474 e. The number of carboxylic acid groups (broad SMARTS) is 1. The van der Waals surface area contributed by atoms with Crippen LogP contribution in [0.5, 0.6) is 0 Å². The van der Waals surface area contributed by atoms with Gasteiger partial charge >= 0.3 is 11.9 Å². The van der Waals surface area contributed by atoms with E-state index in [2.05, 4.69) is 5.73 Å². The number of rotatable bonds is 0. The van der Waals surface area contributed by atoms with Crippen LogP contribution in [0.25, 0.3) is 0 Å². The molecule has 0 saturated heterocycles. The van der Waals surface area contributed by atoms with Crippen molar-refractivity contribution in [2.45, 2.75) is 0 Å². The van der Waals surface area contributed by atoms with Crippen molar-refractivity contribution < 1.29 is 14.7 Å². The van der Waals surface area contributed by atoms with Crippen LogP contribution in [0.4, 0.5) is 0 Å². The van der Waals surface area contributed by atoms with E-state index in [-0.39, 0.29) is 0 Å². The maximum Gasteiger partial charge on any atom is 0.394 e. The second-order valence-electron chi connectivity index (χ2n) is 1.82. The molecular weight excluding hydrogens is 158 g/mol. The molecule has 0 aliphatic heterocycles. The van der Waals surface area contributed by atoms with Gasteiger partial charge in [0, 0.05) is 0 Å². The molecule has 1 aromatic carbocycles. The number of carbonyl (C=O) groups is 2. The first kappa shape index (κ1) is 10.2. The summed E-state index contributed by atoms with van der Waals surface area (Å²) < 4.78 is 0. The fourth-order valence-corrected chi connectivity index (χ4v) is 0.385. The standard InChI is InChI=1S/C6H6.C2H3NO3/c1-2-4-6-5-3-1;3-1(4)2(5)6/h1-6H;(H2,3,4)(H,5,6). The lowest BCUT2D eigenvalue weighted by Crippen LogP contribution is -2.21. The van der Waals surface area contributed by atoms with E-state index < -0.39 is 11.9 Å². The zero-order valence-electron chi connectivity index (χ0n) is 6.31. The monoisotopic (exact) mass is 167 g/mol. The van der Waals surface area contributed by atoms with Crippen molar-refractivity contribution in [3.63, 3.8) is 0 Å². The zero-order valence-corrected chi connectivity index (χ0v) is 6.31. The average Bonchev–Trinajstić information content (AvgIpc) is 2.08. The summed E-state index contributed by atoms with van der Waals surface area (Å²) in [5.74, 6) is -2.93. The normalized spacial score (nSPS) is 7.67. The van der Waals surface area contributed by atoms with E-state index in [9.17, 15) is 9.59 Å². The summed E-state index contributed by atoms with van der Waals surface area (Å²) in [7, 11) is 0. The molecule has 0 unspecified atom stereocenters. The van der Waals surface area contributed by atoms with Crippen LogP contribution in [0.2, 0.25) is 0 Å². The van der Waals surface area contributed by atoms with Gasteiger partial charge in [-0.3, -0.25) is 4.79 Å². The first-order valence-corrected chi connectivity index (χ1v) is 3.17. The molecule has 0 aliphatic carbocycles. The predicted molar refractivity (Wildman–Crippen MR) is 43.3 cm³/mol. The number of hydrogen-bond acceptors (Lipinski definition) is 2. The highest BCUT2D eigenvalue weighted by Gasteiger charge is 2.00. The molecule has 0 atom stereocenters. The molecule has 0 fully saturated rings. The zero-order chi connectivity index (χ0) is 9.40. The van der Waals surface area contributed by atoms with Gasteiger partial charge in [0.1, 0.15) is 0 Å². The predicted octanol–water partition coefficient (Wildman–Crippen LogP) is 0.243.